The summed E-state index contributed by atoms with van der Waals surface area (Å²) >= 11 is 0. The second-order valence-corrected chi connectivity index (χ2v) is 12.7. The number of carbonyl (C=O) groups is 4. The second-order valence-electron chi connectivity index (χ2n) is 12.7. The Morgan fingerprint density at radius 3 is 2.38 bits per heavy atom. The van der Waals surface area contributed by atoms with E-state index in [2.05, 4.69) is 31.2 Å². The van der Waals surface area contributed by atoms with Crippen LogP contribution in [0.2, 0.25) is 0 Å². The first-order valence-electron chi connectivity index (χ1n) is 17.7. The third kappa shape index (κ3) is 9.24. The first-order chi connectivity index (χ1) is 26.8. The van der Waals surface area contributed by atoms with E-state index in [1.54, 1.807) is 40.1 Å². The van der Waals surface area contributed by atoms with E-state index in [1.807, 2.05) is 26.1 Å². The zero-order valence-electron chi connectivity index (χ0n) is 31.8. The van der Waals surface area contributed by atoms with Crippen molar-refractivity contribution in [2.24, 2.45) is 11.5 Å². The van der Waals surface area contributed by atoms with Crippen LogP contribution in [0, 0.1) is 13.8 Å². The molecule has 56 heavy (non-hydrogen) atoms. The number of nitrogens with two attached hydrogens (primary N) is 3. The molecule has 0 aliphatic rings. The van der Waals surface area contributed by atoms with Gasteiger partial charge in [0.1, 0.15) is 34.2 Å². The van der Waals surface area contributed by atoms with Crippen molar-refractivity contribution in [1.82, 2.24) is 35.1 Å². The number of carbonyl (C=O) groups excluding carboxylic acids is 4. The maximum absolute atomic E-state index is 13.4. The number of methoxy groups -OCH3 is 1. The molecule has 296 valence electrons. The van der Waals surface area contributed by atoms with E-state index in [0.29, 0.717) is 65.7 Å². The van der Waals surface area contributed by atoms with Crippen molar-refractivity contribution < 1.29 is 33.2 Å². The van der Waals surface area contributed by atoms with Crippen molar-refractivity contribution in [3.63, 3.8) is 0 Å². The van der Waals surface area contributed by atoms with Gasteiger partial charge in [0.2, 0.25) is 17.8 Å². The van der Waals surface area contributed by atoms with Crippen molar-refractivity contribution in [1.29, 1.82) is 0 Å². The summed E-state index contributed by atoms with van der Waals surface area (Å²) in [5.74, 6) is -1.12. The van der Waals surface area contributed by atoms with Gasteiger partial charge >= 0.3 is 0 Å². The molecule has 0 atom stereocenters. The van der Waals surface area contributed by atoms with Gasteiger partial charge in [-0.3, -0.25) is 29.2 Å². The number of nitrogens with zero attached hydrogens (tertiary/aromatic N) is 6. The van der Waals surface area contributed by atoms with Crippen molar-refractivity contribution in [3.8, 4) is 11.5 Å². The Balaban J connectivity index is 1.51. The summed E-state index contributed by atoms with van der Waals surface area (Å²) in [4.78, 5) is 57.4. The highest BCUT2D eigenvalue weighted by Crippen LogP contribution is 2.36. The number of nitrogen functional groups attached to an aromatic ring is 1. The fraction of sp³-hybridized carbons (Fsp3) is 0.324. The van der Waals surface area contributed by atoms with Crippen LogP contribution in [-0.4, -0.2) is 88.6 Å². The molecule has 0 aliphatic heterocycles. The van der Waals surface area contributed by atoms with Crippen molar-refractivity contribution in [2.45, 2.75) is 40.3 Å². The van der Waals surface area contributed by atoms with Gasteiger partial charge in [-0.05, 0) is 71.1 Å². The van der Waals surface area contributed by atoms with Crippen LogP contribution < -0.4 is 47.5 Å². The predicted octanol–water partition coefficient (Wildman–Crippen LogP) is 2.34. The number of hydrogen-bond acceptors (Lipinski definition) is 13. The van der Waals surface area contributed by atoms with E-state index in [-0.39, 0.29) is 59.9 Å². The molecule has 0 spiro atoms. The molecule has 19 heteroatoms. The summed E-state index contributed by atoms with van der Waals surface area (Å²) < 4.78 is 20.2. The number of allylic oxidation sites excluding steroid dienone is 1. The third-order valence-corrected chi connectivity index (χ3v) is 8.58. The maximum Gasteiger partial charge on any atom is 0.280 e. The Bertz CT molecular complexity index is 2270. The number of nitrogens with one attached hydrogen (secondary N) is 3. The number of primary amides is 2. The lowest BCUT2D eigenvalue weighted by atomic mass is 10.1. The molecular weight excluding hydrogens is 724 g/mol. The van der Waals surface area contributed by atoms with Crippen molar-refractivity contribution in [2.75, 3.05) is 56.5 Å². The van der Waals surface area contributed by atoms with E-state index >= 15 is 0 Å². The predicted molar refractivity (Wildman–Crippen MR) is 209 cm³/mol. The number of aryl methyl sites for hydroxylation is 3. The number of benzene rings is 2. The number of imidazole rings is 1. The molecule has 3 heterocycles. The van der Waals surface area contributed by atoms with Gasteiger partial charge in [0.25, 0.3) is 11.8 Å². The van der Waals surface area contributed by atoms with Gasteiger partial charge in [0, 0.05) is 36.8 Å². The number of hydrogen-bond donors (Lipinski definition) is 6. The lowest BCUT2D eigenvalue weighted by Crippen LogP contribution is -2.39. The lowest BCUT2D eigenvalue weighted by molar-refractivity contribution is 0.0940. The zero-order valence-corrected chi connectivity index (χ0v) is 31.8. The monoisotopic (exact) mass is 770 g/mol. The Morgan fingerprint density at radius 1 is 0.982 bits per heavy atom. The Morgan fingerprint density at radius 2 is 1.71 bits per heavy atom. The first-order valence-corrected chi connectivity index (χ1v) is 17.7. The van der Waals surface area contributed by atoms with Crippen molar-refractivity contribution >= 4 is 52.0 Å². The van der Waals surface area contributed by atoms with Crippen molar-refractivity contribution in [3.05, 3.63) is 82.5 Å². The van der Waals surface area contributed by atoms with E-state index in [9.17, 15) is 19.2 Å². The maximum atomic E-state index is 13.4. The van der Waals surface area contributed by atoms with Crippen LogP contribution in [0.25, 0.3) is 11.0 Å². The van der Waals surface area contributed by atoms with E-state index in [0.717, 1.165) is 0 Å². The summed E-state index contributed by atoms with van der Waals surface area (Å²) in [6, 6.07) is 9.17. The molecule has 0 radical (unpaired) electrons. The number of aromatic nitrogens is 5. The normalized spacial score (nSPS) is 11.2. The number of anilines is 3. The Kier molecular flexibility index (Phi) is 12.9. The molecule has 0 fully saturated rings. The molecule has 4 amide bonds. The van der Waals surface area contributed by atoms with E-state index in [4.69, 9.17) is 31.2 Å². The standard InChI is InChI=1S/C37H46N12O7/c1-6-49-28(14-21(2)45-49)36(53)42-20-47(31-25(38)16-23(33(39)50)18-29(31)54-5)11-7-8-12-48-32-26(43-37(48)44-35(52)27-15-22(3)56-46-27)17-24(34(40)51)19-30(32)55-13-9-10-41-4/h7-8,14-19,41H,6,9-13,20,38H2,1-5H3,(H2,39,50)(H2,40,51)(H,42,53)(H,43,44,52)/b8-7+. The van der Waals surface area contributed by atoms with Gasteiger partial charge < -0.3 is 51.3 Å². The Labute approximate surface area is 322 Å². The molecule has 5 aromatic rings. The first kappa shape index (κ1) is 40.3. The highest BCUT2D eigenvalue weighted by molar-refractivity contribution is 6.04. The summed E-state index contributed by atoms with van der Waals surface area (Å²) in [7, 11) is 3.26. The average Bonchev–Trinajstić information content (AvgIpc) is 3.88. The highest BCUT2D eigenvalue weighted by atomic mass is 16.5. The summed E-state index contributed by atoms with van der Waals surface area (Å²) in [5, 5.41) is 17.0. The van der Waals surface area contributed by atoms with Gasteiger partial charge in [-0.15, -0.1) is 0 Å². The fourth-order valence-corrected chi connectivity index (χ4v) is 5.93. The quantitative estimate of drug-likeness (QED) is 0.0305. The molecule has 3 aromatic heterocycles. The largest absolute Gasteiger partial charge is 0.494 e. The van der Waals surface area contributed by atoms with Crippen LogP contribution >= 0.6 is 0 Å². The zero-order chi connectivity index (χ0) is 40.5. The van der Waals surface area contributed by atoms with Crippen LogP contribution in [0.15, 0.2) is 53.1 Å². The molecule has 9 N–H and O–H groups in total. The molecule has 0 aliphatic carbocycles. The van der Waals surface area contributed by atoms with Crippen LogP contribution in [0.5, 0.6) is 11.5 Å². The third-order valence-electron chi connectivity index (χ3n) is 8.58. The van der Waals surface area contributed by atoms with Gasteiger partial charge in [0.15, 0.2) is 5.69 Å². The number of fused-ring (bicyclic) bond motifs is 1. The molecule has 19 nitrogen and oxygen atoms in total. The average molecular weight is 771 g/mol. The minimum atomic E-state index is -0.688. The van der Waals surface area contributed by atoms with E-state index < -0.39 is 17.7 Å². The van der Waals surface area contributed by atoms with E-state index in [1.165, 1.54) is 31.4 Å². The van der Waals surface area contributed by atoms with Gasteiger partial charge in [-0.2, -0.15) is 5.10 Å². The highest BCUT2D eigenvalue weighted by Gasteiger charge is 2.23. The van der Waals surface area contributed by atoms with Gasteiger partial charge in [-0.1, -0.05) is 17.3 Å². The number of amides is 4. The summed E-state index contributed by atoms with van der Waals surface area (Å²) in [6.07, 6.45) is 4.30. The van der Waals surface area contributed by atoms with Crippen LogP contribution in [0.1, 0.15) is 66.5 Å². The smallest absolute Gasteiger partial charge is 0.280 e. The Hall–Kier alpha value is -6.89. The fourth-order valence-electron chi connectivity index (χ4n) is 5.93. The summed E-state index contributed by atoms with van der Waals surface area (Å²) in [5.41, 5.74) is 20.6. The minimum absolute atomic E-state index is 0.0273. The van der Waals surface area contributed by atoms with Crippen LogP contribution in [0.4, 0.5) is 17.3 Å². The number of ether oxygens (including phenoxy) is 2. The van der Waals surface area contributed by atoms with Gasteiger partial charge in [-0.25, -0.2) is 4.98 Å². The lowest BCUT2D eigenvalue weighted by Gasteiger charge is -2.27. The van der Waals surface area contributed by atoms with Crippen LogP contribution in [0.3, 0.4) is 0 Å². The van der Waals surface area contributed by atoms with Crippen LogP contribution in [-0.2, 0) is 13.1 Å². The molecule has 2 aromatic carbocycles. The minimum Gasteiger partial charge on any atom is -0.494 e. The number of rotatable bonds is 19. The molecule has 0 saturated carbocycles. The molecule has 0 saturated heterocycles. The molecular formula is C37H46N12O7. The SMILES string of the molecule is CCn1nc(C)cc1C(=O)NCN(C/C=C/Cn1c(NC(=O)c2cc(C)on2)nc2cc(C(N)=O)cc(OCCCNC)c21)c1c(N)cc(C(N)=O)cc1OC. The molecule has 0 bridgehead atoms. The topological polar surface area (TPSA) is 266 Å². The molecule has 5 rings (SSSR count). The second kappa shape index (κ2) is 18.0. The summed E-state index contributed by atoms with van der Waals surface area (Å²) in [6.45, 7) is 7.15. The molecule has 0 unspecified atom stereocenters. The van der Waals surface area contributed by atoms with Gasteiger partial charge in [0.05, 0.1) is 37.3 Å².